The third kappa shape index (κ3) is 3.91. The fraction of sp³-hybridized carbons (Fsp3) is 0.357. The van der Waals surface area contributed by atoms with Crippen LogP contribution >= 0.6 is 0 Å². The molecule has 5 nitrogen and oxygen atoms in total. The van der Waals surface area contributed by atoms with Crippen molar-refractivity contribution in [3.8, 4) is 0 Å². The van der Waals surface area contributed by atoms with Crippen LogP contribution in [0.3, 0.4) is 0 Å². The molecule has 1 aliphatic heterocycles. The molecule has 0 saturated heterocycles. The van der Waals surface area contributed by atoms with E-state index in [2.05, 4.69) is 15.8 Å². The van der Waals surface area contributed by atoms with Crippen molar-refractivity contribution in [3.63, 3.8) is 0 Å². The van der Waals surface area contributed by atoms with Gasteiger partial charge in [0.2, 0.25) is 5.91 Å². The Morgan fingerprint density at radius 2 is 2.11 bits per heavy atom. The van der Waals surface area contributed by atoms with Gasteiger partial charge in [-0.2, -0.15) is 5.10 Å². The number of hydrogen-bond donors (Lipinski definition) is 2. The van der Waals surface area contributed by atoms with Crippen molar-refractivity contribution in [1.82, 2.24) is 10.7 Å². The molecule has 1 aromatic carbocycles. The SMILES string of the molecule is CC(Cc1ccccc1)NC(=O)C1=NNC(=O)CC1. The highest BCUT2D eigenvalue weighted by molar-refractivity contribution is 6.39. The summed E-state index contributed by atoms with van der Waals surface area (Å²) in [5.74, 6) is -0.350. The Bertz CT molecular complexity index is 497. The number of carbonyl (C=O) groups excluding carboxylic acids is 2. The zero-order valence-electron chi connectivity index (χ0n) is 10.8. The molecule has 5 heteroatoms. The standard InChI is InChI=1S/C14H17N3O2/c1-10(9-11-5-3-2-4-6-11)15-14(19)12-7-8-13(18)17-16-12/h2-6,10H,7-9H2,1H3,(H,15,19)(H,17,18). The number of carbonyl (C=O) groups is 2. The summed E-state index contributed by atoms with van der Waals surface area (Å²) in [5.41, 5.74) is 3.89. The van der Waals surface area contributed by atoms with Crippen molar-refractivity contribution in [2.75, 3.05) is 0 Å². The van der Waals surface area contributed by atoms with Gasteiger partial charge in [-0.3, -0.25) is 9.59 Å². The van der Waals surface area contributed by atoms with Gasteiger partial charge in [0.25, 0.3) is 5.91 Å². The largest absolute Gasteiger partial charge is 0.348 e. The van der Waals surface area contributed by atoms with Gasteiger partial charge in [0.1, 0.15) is 5.71 Å². The first-order valence-corrected chi connectivity index (χ1v) is 6.35. The molecule has 0 bridgehead atoms. The van der Waals surface area contributed by atoms with Crippen molar-refractivity contribution < 1.29 is 9.59 Å². The van der Waals surface area contributed by atoms with Crippen LogP contribution in [0.5, 0.6) is 0 Å². The maximum atomic E-state index is 11.9. The predicted molar refractivity (Wildman–Crippen MR) is 72.6 cm³/mol. The number of benzene rings is 1. The summed E-state index contributed by atoms with van der Waals surface area (Å²) in [5, 5.41) is 6.67. The van der Waals surface area contributed by atoms with E-state index in [9.17, 15) is 9.59 Å². The predicted octanol–water partition coefficient (Wildman–Crippen LogP) is 1.000. The average molecular weight is 259 g/mol. The molecule has 1 unspecified atom stereocenters. The van der Waals surface area contributed by atoms with Crippen LogP contribution in [0.1, 0.15) is 25.3 Å². The van der Waals surface area contributed by atoms with Gasteiger partial charge in [-0.05, 0) is 18.9 Å². The minimum Gasteiger partial charge on any atom is -0.348 e. The second-order valence-corrected chi connectivity index (χ2v) is 4.66. The maximum Gasteiger partial charge on any atom is 0.267 e. The van der Waals surface area contributed by atoms with Crippen LogP contribution in [-0.4, -0.2) is 23.6 Å². The van der Waals surface area contributed by atoms with Crippen LogP contribution in [0.15, 0.2) is 35.4 Å². The fourth-order valence-electron chi connectivity index (χ4n) is 1.96. The first kappa shape index (κ1) is 13.3. The van der Waals surface area contributed by atoms with Crippen molar-refractivity contribution in [3.05, 3.63) is 35.9 Å². The summed E-state index contributed by atoms with van der Waals surface area (Å²) in [6.45, 7) is 1.95. The van der Waals surface area contributed by atoms with E-state index in [-0.39, 0.29) is 17.9 Å². The summed E-state index contributed by atoms with van der Waals surface area (Å²) in [4.78, 5) is 22.9. The lowest BCUT2D eigenvalue weighted by atomic mass is 10.1. The molecule has 2 rings (SSSR count). The molecule has 1 aliphatic rings. The van der Waals surface area contributed by atoms with Crippen LogP contribution in [0.2, 0.25) is 0 Å². The highest BCUT2D eigenvalue weighted by Gasteiger charge is 2.19. The number of nitrogens with zero attached hydrogens (tertiary/aromatic N) is 1. The van der Waals surface area contributed by atoms with Crippen molar-refractivity contribution in [2.45, 2.75) is 32.2 Å². The molecule has 0 aromatic heterocycles. The Morgan fingerprint density at radius 3 is 2.74 bits per heavy atom. The molecule has 0 radical (unpaired) electrons. The third-order valence-corrected chi connectivity index (χ3v) is 2.93. The molecule has 1 atom stereocenters. The second kappa shape index (κ2) is 6.13. The normalized spacial score (nSPS) is 16.3. The molecular formula is C14H17N3O2. The van der Waals surface area contributed by atoms with Gasteiger partial charge in [0.15, 0.2) is 0 Å². The Morgan fingerprint density at radius 1 is 1.37 bits per heavy atom. The quantitative estimate of drug-likeness (QED) is 0.846. The summed E-state index contributed by atoms with van der Waals surface area (Å²) in [7, 11) is 0. The lowest BCUT2D eigenvalue weighted by Crippen LogP contribution is -2.41. The molecule has 0 saturated carbocycles. The minimum atomic E-state index is -0.205. The molecule has 2 amide bonds. The maximum absolute atomic E-state index is 11.9. The van der Waals surface area contributed by atoms with E-state index in [4.69, 9.17) is 0 Å². The van der Waals surface area contributed by atoms with E-state index in [1.807, 2.05) is 37.3 Å². The first-order chi connectivity index (χ1) is 9.15. The van der Waals surface area contributed by atoms with Gasteiger partial charge in [0.05, 0.1) is 0 Å². The molecule has 1 heterocycles. The second-order valence-electron chi connectivity index (χ2n) is 4.66. The molecule has 100 valence electrons. The van der Waals surface area contributed by atoms with E-state index in [0.29, 0.717) is 18.6 Å². The van der Waals surface area contributed by atoms with Crippen LogP contribution in [0.4, 0.5) is 0 Å². The Hall–Kier alpha value is -2.17. The molecule has 0 fully saturated rings. The van der Waals surface area contributed by atoms with Gasteiger partial charge in [0, 0.05) is 18.9 Å². The van der Waals surface area contributed by atoms with Gasteiger partial charge in [-0.25, -0.2) is 5.43 Å². The highest BCUT2D eigenvalue weighted by atomic mass is 16.2. The van der Waals surface area contributed by atoms with Gasteiger partial charge in [-0.1, -0.05) is 30.3 Å². The Labute approximate surface area is 112 Å². The monoisotopic (exact) mass is 259 g/mol. The molecule has 1 aromatic rings. The van der Waals surface area contributed by atoms with Gasteiger partial charge in [-0.15, -0.1) is 0 Å². The molecule has 0 spiro atoms. The minimum absolute atomic E-state index is 0.0234. The Balaban J connectivity index is 1.87. The summed E-state index contributed by atoms with van der Waals surface area (Å²) >= 11 is 0. The van der Waals surface area contributed by atoms with Crippen molar-refractivity contribution in [1.29, 1.82) is 0 Å². The highest BCUT2D eigenvalue weighted by Crippen LogP contribution is 2.04. The summed E-state index contributed by atoms with van der Waals surface area (Å²) < 4.78 is 0. The van der Waals surface area contributed by atoms with Crippen LogP contribution in [0, 0.1) is 0 Å². The van der Waals surface area contributed by atoms with E-state index in [0.717, 1.165) is 6.42 Å². The lowest BCUT2D eigenvalue weighted by molar-refractivity contribution is -0.121. The topological polar surface area (TPSA) is 70.6 Å². The Kier molecular flexibility index (Phi) is 4.28. The van der Waals surface area contributed by atoms with Gasteiger partial charge < -0.3 is 5.32 Å². The smallest absolute Gasteiger partial charge is 0.267 e. The van der Waals surface area contributed by atoms with E-state index in [1.54, 1.807) is 0 Å². The average Bonchev–Trinajstić information content (AvgIpc) is 2.40. The lowest BCUT2D eigenvalue weighted by Gasteiger charge is -2.16. The van der Waals surface area contributed by atoms with E-state index in [1.165, 1.54) is 5.56 Å². The molecular weight excluding hydrogens is 242 g/mol. The first-order valence-electron chi connectivity index (χ1n) is 6.35. The van der Waals surface area contributed by atoms with Crippen LogP contribution < -0.4 is 10.7 Å². The van der Waals surface area contributed by atoms with Crippen molar-refractivity contribution >= 4 is 17.5 Å². The third-order valence-electron chi connectivity index (χ3n) is 2.93. The summed E-state index contributed by atoms with van der Waals surface area (Å²) in [6.07, 6.45) is 1.49. The number of rotatable bonds is 4. The fourth-order valence-corrected chi connectivity index (χ4v) is 1.96. The molecule has 2 N–H and O–H groups in total. The zero-order valence-corrected chi connectivity index (χ0v) is 10.8. The number of nitrogens with one attached hydrogen (secondary N) is 2. The zero-order chi connectivity index (χ0) is 13.7. The van der Waals surface area contributed by atoms with Crippen molar-refractivity contribution in [2.24, 2.45) is 5.10 Å². The number of amides is 2. The van der Waals surface area contributed by atoms with Gasteiger partial charge >= 0.3 is 0 Å². The van der Waals surface area contributed by atoms with Crippen LogP contribution in [-0.2, 0) is 16.0 Å². The molecule has 19 heavy (non-hydrogen) atoms. The van der Waals surface area contributed by atoms with E-state index >= 15 is 0 Å². The number of hydrazone groups is 1. The molecule has 0 aliphatic carbocycles. The number of hydrogen-bond acceptors (Lipinski definition) is 3. The van der Waals surface area contributed by atoms with Crippen LogP contribution in [0.25, 0.3) is 0 Å². The van der Waals surface area contributed by atoms with E-state index < -0.39 is 0 Å². The summed E-state index contributed by atoms with van der Waals surface area (Å²) in [6, 6.07) is 10.00.